The molecule has 0 aliphatic carbocycles. The predicted molar refractivity (Wildman–Crippen MR) is 99.8 cm³/mol. The number of rotatable bonds is 6. The summed E-state index contributed by atoms with van der Waals surface area (Å²) in [6.45, 7) is 3.07. The molecule has 0 spiro atoms. The Labute approximate surface area is 157 Å². The second kappa shape index (κ2) is 8.03. The average Bonchev–Trinajstić information content (AvgIpc) is 2.67. The molecule has 3 rings (SSSR count). The third-order valence-corrected chi connectivity index (χ3v) is 4.36. The number of carbonyl (C=O) groups excluding carboxylic acids is 3. The van der Waals surface area contributed by atoms with Gasteiger partial charge in [0, 0.05) is 5.56 Å². The monoisotopic (exact) mass is 367 g/mol. The van der Waals surface area contributed by atoms with Crippen molar-refractivity contribution in [1.29, 1.82) is 0 Å². The quantitative estimate of drug-likeness (QED) is 0.627. The summed E-state index contributed by atoms with van der Waals surface area (Å²) in [5, 5.41) is 2.69. The molecule has 1 unspecified atom stereocenters. The number of ether oxygens (including phenoxy) is 2. The highest BCUT2D eigenvalue weighted by atomic mass is 16.5. The highest BCUT2D eigenvalue weighted by molar-refractivity contribution is 6.02. The average molecular weight is 367 g/mol. The third kappa shape index (κ3) is 4.53. The molecule has 27 heavy (non-hydrogen) atoms. The number of amides is 1. The summed E-state index contributed by atoms with van der Waals surface area (Å²) < 4.78 is 10.6. The molecule has 0 aromatic heterocycles. The summed E-state index contributed by atoms with van der Waals surface area (Å²) in [5.41, 5.74) is 1.82. The first kappa shape index (κ1) is 18.6. The van der Waals surface area contributed by atoms with Crippen molar-refractivity contribution in [2.45, 2.75) is 26.4 Å². The molecule has 2 atom stereocenters. The van der Waals surface area contributed by atoms with Crippen molar-refractivity contribution in [1.82, 2.24) is 0 Å². The molecule has 0 saturated carbocycles. The van der Waals surface area contributed by atoms with Gasteiger partial charge in [-0.1, -0.05) is 37.3 Å². The molecule has 1 aliphatic rings. The van der Waals surface area contributed by atoms with E-state index in [9.17, 15) is 14.4 Å². The number of anilines is 1. The Morgan fingerprint density at radius 3 is 2.67 bits per heavy atom. The van der Waals surface area contributed by atoms with Crippen molar-refractivity contribution in [3.8, 4) is 5.75 Å². The van der Waals surface area contributed by atoms with Crippen LogP contribution in [0.15, 0.2) is 48.5 Å². The molecule has 2 aromatic carbocycles. The Kier molecular flexibility index (Phi) is 5.54. The van der Waals surface area contributed by atoms with Gasteiger partial charge in [0.1, 0.15) is 5.75 Å². The minimum absolute atomic E-state index is 0.270. The van der Waals surface area contributed by atoms with Crippen LogP contribution in [0.25, 0.3) is 0 Å². The van der Waals surface area contributed by atoms with Crippen LogP contribution in [0.2, 0.25) is 0 Å². The summed E-state index contributed by atoms with van der Waals surface area (Å²) in [7, 11) is 0. The number of hydrogen-bond acceptors (Lipinski definition) is 5. The molecular weight excluding hydrogens is 346 g/mol. The van der Waals surface area contributed by atoms with E-state index in [1.807, 2.05) is 30.3 Å². The zero-order valence-electron chi connectivity index (χ0n) is 15.2. The lowest BCUT2D eigenvalue weighted by Crippen LogP contribution is -2.34. The van der Waals surface area contributed by atoms with Gasteiger partial charge in [0.2, 0.25) is 0 Å². The fourth-order valence-corrected chi connectivity index (χ4v) is 2.80. The second-order valence-electron chi connectivity index (χ2n) is 6.58. The molecule has 1 heterocycles. The van der Waals surface area contributed by atoms with Gasteiger partial charge in [-0.05, 0) is 37.1 Å². The lowest BCUT2D eigenvalue weighted by atomic mass is 10.0. The van der Waals surface area contributed by atoms with Crippen LogP contribution in [0.3, 0.4) is 0 Å². The van der Waals surface area contributed by atoms with Gasteiger partial charge in [-0.25, -0.2) is 0 Å². The number of fused-ring (bicyclic) bond motifs is 1. The van der Waals surface area contributed by atoms with E-state index >= 15 is 0 Å². The molecule has 0 bridgehead atoms. The molecule has 140 valence electrons. The van der Waals surface area contributed by atoms with Crippen LogP contribution in [0.5, 0.6) is 5.75 Å². The van der Waals surface area contributed by atoms with Crippen LogP contribution in [-0.2, 0) is 20.7 Å². The summed E-state index contributed by atoms with van der Waals surface area (Å²) in [6.07, 6.45) is -0.0278. The number of ketones is 1. The number of hydrogen-bond donors (Lipinski definition) is 1. The van der Waals surface area contributed by atoms with Crippen molar-refractivity contribution in [2.75, 3.05) is 11.9 Å². The van der Waals surface area contributed by atoms with E-state index in [1.54, 1.807) is 26.0 Å². The molecule has 6 nitrogen and oxygen atoms in total. The highest BCUT2D eigenvalue weighted by Crippen LogP contribution is 2.30. The predicted octanol–water partition coefficient (Wildman–Crippen LogP) is 3.01. The Hall–Kier alpha value is -3.15. The van der Waals surface area contributed by atoms with Crippen LogP contribution >= 0.6 is 0 Å². The van der Waals surface area contributed by atoms with E-state index in [0.29, 0.717) is 23.4 Å². The standard InChI is InChI=1S/C21H21NO5/c1-13(10-15-6-4-3-5-7-15)21(25)26-12-18(23)16-8-9-19-17(11-16)22-20(24)14(2)27-19/h3-9,11,13-14H,10,12H2,1-2H3,(H,22,24)/t13-,14?/m1/s1. The Morgan fingerprint density at radius 1 is 1.19 bits per heavy atom. The van der Waals surface area contributed by atoms with Gasteiger partial charge in [-0.3, -0.25) is 14.4 Å². The number of nitrogens with one attached hydrogen (secondary N) is 1. The minimum atomic E-state index is -0.578. The van der Waals surface area contributed by atoms with Gasteiger partial charge < -0.3 is 14.8 Å². The molecule has 0 saturated heterocycles. The minimum Gasteiger partial charge on any atom is -0.479 e. The number of benzene rings is 2. The first-order chi connectivity index (χ1) is 12.9. The Balaban J connectivity index is 1.57. The van der Waals surface area contributed by atoms with Gasteiger partial charge in [0.15, 0.2) is 18.5 Å². The fraction of sp³-hybridized carbons (Fsp3) is 0.286. The van der Waals surface area contributed by atoms with Gasteiger partial charge in [0.05, 0.1) is 11.6 Å². The van der Waals surface area contributed by atoms with E-state index in [4.69, 9.17) is 9.47 Å². The van der Waals surface area contributed by atoms with Crippen molar-refractivity contribution in [3.05, 3.63) is 59.7 Å². The fourth-order valence-electron chi connectivity index (χ4n) is 2.80. The van der Waals surface area contributed by atoms with Gasteiger partial charge in [0.25, 0.3) is 5.91 Å². The summed E-state index contributed by atoms with van der Waals surface area (Å²) in [4.78, 5) is 36.2. The second-order valence-corrected chi connectivity index (χ2v) is 6.58. The van der Waals surface area contributed by atoms with Crippen molar-refractivity contribution in [2.24, 2.45) is 5.92 Å². The van der Waals surface area contributed by atoms with E-state index in [1.165, 1.54) is 6.07 Å². The van der Waals surface area contributed by atoms with Gasteiger partial charge >= 0.3 is 5.97 Å². The lowest BCUT2D eigenvalue weighted by Gasteiger charge is -2.23. The van der Waals surface area contributed by atoms with E-state index < -0.39 is 12.1 Å². The van der Waals surface area contributed by atoms with E-state index in [2.05, 4.69) is 5.32 Å². The third-order valence-electron chi connectivity index (χ3n) is 4.36. The topological polar surface area (TPSA) is 81.7 Å². The SMILES string of the molecule is CC1Oc2ccc(C(=O)COC(=O)[C@H](C)Cc3ccccc3)cc2NC1=O. The Bertz CT molecular complexity index is 862. The van der Waals surface area contributed by atoms with Crippen LogP contribution < -0.4 is 10.1 Å². The van der Waals surface area contributed by atoms with Crippen molar-refractivity contribution in [3.63, 3.8) is 0 Å². The number of esters is 1. The normalized spacial score (nSPS) is 16.5. The molecule has 0 fully saturated rings. The maximum Gasteiger partial charge on any atom is 0.309 e. The molecule has 0 radical (unpaired) electrons. The zero-order chi connectivity index (χ0) is 19.4. The summed E-state index contributed by atoms with van der Waals surface area (Å²) in [5.74, 6) is -0.875. The number of Topliss-reactive ketones (excluding diaryl/α,β-unsaturated/α-hetero) is 1. The highest BCUT2D eigenvalue weighted by Gasteiger charge is 2.24. The summed E-state index contributed by atoms with van der Waals surface area (Å²) >= 11 is 0. The maximum absolute atomic E-state index is 12.3. The molecule has 1 N–H and O–H groups in total. The zero-order valence-corrected chi connectivity index (χ0v) is 15.2. The Morgan fingerprint density at radius 2 is 1.93 bits per heavy atom. The molecule has 1 aliphatic heterocycles. The van der Waals surface area contributed by atoms with Crippen molar-refractivity contribution >= 4 is 23.3 Å². The molecule has 1 amide bonds. The molecule has 2 aromatic rings. The maximum atomic E-state index is 12.3. The lowest BCUT2D eigenvalue weighted by molar-refractivity contribution is -0.146. The van der Waals surface area contributed by atoms with E-state index in [-0.39, 0.29) is 24.2 Å². The smallest absolute Gasteiger partial charge is 0.309 e. The van der Waals surface area contributed by atoms with Crippen LogP contribution in [0.4, 0.5) is 5.69 Å². The first-order valence-electron chi connectivity index (χ1n) is 8.79. The first-order valence-corrected chi connectivity index (χ1v) is 8.79. The number of carbonyl (C=O) groups is 3. The van der Waals surface area contributed by atoms with E-state index in [0.717, 1.165) is 5.56 Å². The van der Waals surface area contributed by atoms with Crippen molar-refractivity contribution < 1.29 is 23.9 Å². The largest absolute Gasteiger partial charge is 0.479 e. The van der Waals surface area contributed by atoms with Gasteiger partial charge in [-0.15, -0.1) is 0 Å². The summed E-state index contributed by atoms with van der Waals surface area (Å²) in [6, 6.07) is 14.4. The van der Waals surface area contributed by atoms with Gasteiger partial charge in [-0.2, -0.15) is 0 Å². The van der Waals surface area contributed by atoms with Crippen LogP contribution in [0.1, 0.15) is 29.8 Å². The van der Waals surface area contributed by atoms with Crippen LogP contribution in [-0.4, -0.2) is 30.4 Å². The molecule has 6 heteroatoms. The molecular formula is C21H21NO5. The van der Waals surface area contributed by atoms with Crippen LogP contribution in [0, 0.1) is 5.92 Å².